The Morgan fingerprint density at radius 1 is 1.00 bits per heavy atom. The van der Waals surface area contributed by atoms with E-state index in [0.717, 1.165) is 46.1 Å². The lowest BCUT2D eigenvalue weighted by Crippen LogP contribution is -2.11. The smallest absolute Gasteiger partial charge is 0.339 e. The van der Waals surface area contributed by atoms with Crippen molar-refractivity contribution < 1.29 is 9.53 Å². The first kappa shape index (κ1) is 23.5. The Kier molecular flexibility index (Phi) is 6.16. The number of fused-ring (bicyclic) bond motifs is 2. The van der Waals surface area contributed by atoms with E-state index in [9.17, 15) is 10.1 Å². The van der Waals surface area contributed by atoms with Crippen LogP contribution in [0.3, 0.4) is 0 Å². The first-order valence-electron chi connectivity index (χ1n) is 12.2. The minimum Gasteiger partial charge on any atom is -0.457 e. The zero-order valence-corrected chi connectivity index (χ0v) is 20.8. The summed E-state index contributed by atoms with van der Waals surface area (Å²) in [4.78, 5) is 18.4. The molecule has 0 fully saturated rings. The molecule has 0 saturated heterocycles. The summed E-state index contributed by atoms with van der Waals surface area (Å²) in [6, 6.07) is 25.7. The predicted octanol–water partition coefficient (Wildman–Crippen LogP) is 7.25. The SMILES string of the molecule is CC(C)(C)c1ccc(C=C2CCc3c2nc2ccccc2c3C(=O)OCc2ccccc2C#N)cc1. The normalized spacial score (nSPS) is 14.0. The van der Waals surface area contributed by atoms with E-state index in [1.54, 1.807) is 12.1 Å². The first-order valence-corrected chi connectivity index (χ1v) is 12.2. The van der Waals surface area contributed by atoms with Crippen molar-refractivity contribution in [1.29, 1.82) is 5.26 Å². The maximum absolute atomic E-state index is 13.4. The predicted molar refractivity (Wildman–Crippen MR) is 143 cm³/mol. The van der Waals surface area contributed by atoms with E-state index in [0.29, 0.717) is 16.7 Å². The van der Waals surface area contributed by atoms with E-state index in [4.69, 9.17) is 9.72 Å². The average molecular weight is 473 g/mol. The topological polar surface area (TPSA) is 63.0 Å². The molecule has 36 heavy (non-hydrogen) atoms. The van der Waals surface area contributed by atoms with Crippen LogP contribution >= 0.6 is 0 Å². The Balaban J connectivity index is 1.51. The third kappa shape index (κ3) is 4.53. The van der Waals surface area contributed by atoms with Crippen LogP contribution in [0.2, 0.25) is 0 Å². The molecule has 0 bridgehead atoms. The van der Waals surface area contributed by atoms with Crippen LogP contribution < -0.4 is 0 Å². The monoisotopic (exact) mass is 472 g/mol. The fourth-order valence-corrected chi connectivity index (χ4v) is 4.76. The average Bonchev–Trinajstić information content (AvgIpc) is 3.27. The molecule has 4 aromatic rings. The van der Waals surface area contributed by atoms with Crippen LogP contribution in [0.15, 0.2) is 72.8 Å². The lowest BCUT2D eigenvalue weighted by molar-refractivity contribution is 0.0473. The number of aromatic nitrogens is 1. The highest BCUT2D eigenvalue weighted by Crippen LogP contribution is 2.38. The van der Waals surface area contributed by atoms with Gasteiger partial charge in [-0.1, -0.05) is 81.4 Å². The summed E-state index contributed by atoms with van der Waals surface area (Å²) >= 11 is 0. The van der Waals surface area contributed by atoms with E-state index in [1.807, 2.05) is 36.4 Å². The van der Waals surface area contributed by atoms with Crippen molar-refractivity contribution >= 4 is 28.5 Å². The molecular weight excluding hydrogens is 444 g/mol. The van der Waals surface area contributed by atoms with Gasteiger partial charge in [-0.25, -0.2) is 9.78 Å². The van der Waals surface area contributed by atoms with Crippen molar-refractivity contribution in [3.05, 3.63) is 112 Å². The highest BCUT2D eigenvalue weighted by molar-refractivity contribution is 6.07. The number of hydrogen-bond donors (Lipinski definition) is 0. The number of benzene rings is 3. The summed E-state index contributed by atoms with van der Waals surface area (Å²) in [5.41, 5.74) is 8.02. The Bertz CT molecular complexity index is 1530. The number of pyridine rings is 1. The van der Waals surface area contributed by atoms with Gasteiger partial charge in [0.15, 0.2) is 0 Å². The zero-order chi connectivity index (χ0) is 25.3. The quantitative estimate of drug-likeness (QED) is 0.294. The fourth-order valence-electron chi connectivity index (χ4n) is 4.76. The molecule has 0 N–H and O–H groups in total. The van der Waals surface area contributed by atoms with Crippen LogP contribution in [-0.4, -0.2) is 11.0 Å². The summed E-state index contributed by atoms with van der Waals surface area (Å²) in [6.45, 7) is 6.68. The van der Waals surface area contributed by atoms with Crippen LogP contribution in [0, 0.1) is 11.3 Å². The van der Waals surface area contributed by atoms with Gasteiger partial charge in [0.25, 0.3) is 0 Å². The highest BCUT2D eigenvalue weighted by atomic mass is 16.5. The van der Waals surface area contributed by atoms with Crippen LogP contribution in [-0.2, 0) is 23.2 Å². The standard InChI is InChI=1S/C32H28N2O2/c1-32(2,3)25-15-12-21(13-16-25)18-22-14-17-27-29(26-10-6-7-11-28(26)34-30(22)27)31(35)36-20-24-9-5-4-8-23(24)19-33/h4-13,15-16,18H,14,17,20H2,1-3H3. The van der Waals surface area contributed by atoms with Crippen LogP contribution in [0.5, 0.6) is 0 Å². The number of esters is 1. The van der Waals surface area contributed by atoms with Gasteiger partial charge < -0.3 is 4.74 Å². The number of allylic oxidation sites excluding steroid dienone is 1. The maximum Gasteiger partial charge on any atom is 0.339 e. The maximum atomic E-state index is 13.4. The number of ether oxygens (including phenoxy) is 1. The van der Waals surface area contributed by atoms with E-state index in [2.05, 4.69) is 57.2 Å². The largest absolute Gasteiger partial charge is 0.457 e. The Labute approximate surface area is 211 Å². The van der Waals surface area contributed by atoms with Gasteiger partial charge in [0.2, 0.25) is 0 Å². The molecule has 4 heteroatoms. The molecule has 1 aliphatic carbocycles. The van der Waals surface area contributed by atoms with Gasteiger partial charge in [0.05, 0.1) is 28.4 Å². The minimum atomic E-state index is -0.381. The molecule has 3 aromatic carbocycles. The van der Waals surface area contributed by atoms with E-state index in [1.165, 1.54) is 5.56 Å². The summed E-state index contributed by atoms with van der Waals surface area (Å²) in [5.74, 6) is -0.381. The van der Waals surface area contributed by atoms with Gasteiger partial charge in [0, 0.05) is 10.9 Å². The molecule has 0 atom stereocenters. The fraction of sp³-hybridized carbons (Fsp3) is 0.219. The Morgan fingerprint density at radius 2 is 1.72 bits per heavy atom. The van der Waals surface area contributed by atoms with Crippen molar-refractivity contribution in [2.75, 3.05) is 0 Å². The second kappa shape index (κ2) is 9.43. The van der Waals surface area contributed by atoms with Crippen LogP contribution in [0.1, 0.15) is 71.1 Å². The van der Waals surface area contributed by atoms with Gasteiger partial charge in [-0.2, -0.15) is 5.26 Å². The van der Waals surface area contributed by atoms with E-state index >= 15 is 0 Å². The molecule has 1 aromatic heterocycles. The number of carbonyl (C=O) groups is 1. The van der Waals surface area contributed by atoms with Gasteiger partial charge in [-0.15, -0.1) is 0 Å². The molecule has 5 rings (SSSR count). The highest BCUT2D eigenvalue weighted by Gasteiger charge is 2.27. The first-order chi connectivity index (χ1) is 17.3. The molecule has 178 valence electrons. The number of carbonyl (C=O) groups excluding carboxylic acids is 1. The molecule has 0 radical (unpaired) electrons. The number of nitrogens with zero attached hydrogens (tertiary/aromatic N) is 2. The van der Waals surface area contributed by atoms with E-state index < -0.39 is 0 Å². The van der Waals surface area contributed by atoms with Crippen molar-refractivity contribution in [3.63, 3.8) is 0 Å². The molecule has 0 amide bonds. The molecule has 0 aliphatic heterocycles. The Morgan fingerprint density at radius 3 is 2.47 bits per heavy atom. The number of para-hydroxylation sites is 1. The van der Waals surface area contributed by atoms with Crippen LogP contribution in [0.4, 0.5) is 0 Å². The number of rotatable bonds is 4. The van der Waals surface area contributed by atoms with Crippen molar-refractivity contribution in [3.8, 4) is 6.07 Å². The minimum absolute atomic E-state index is 0.0524. The van der Waals surface area contributed by atoms with Gasteiger partial charge >= 0.3 is 5.97 Å². The van der Waals surface area contributed by atoms with Crippen LogP contribution in [0.25, 0.3) is 22.6 Å². The van der Waals surface area contributed by atoms with E-state index in [-0.39, 0.29) is 18.0 Å². The third-order valence-electron chi connectivity index (χ3n) is 6.76. The molecule has 1 heterocycles. The zero-order valence-electron chi connectivity index (χ0n) is 20.8. The van der Waals surface area contributed by atoms with Gasteiger partial charge in [-0.05, 0) is 58.7 Å². The van der Waals surface area contributed by atoms with Crippen molar-refractivity contribution in [2.24, 2.45) is 0 Å². The molecule has 1 aliphatic rings. The lowest BCUT2D eigenvalue weighted by Gasteiger charge is -2.18. The van der Waals surface area contributed by atoms with Crippen molar-refractivity contribution in [1.82, 2.24) is 4.98 Å². The third-order valence-corrected chi connectivity index (χ3v) is 6.76. The number of nitriles is 1. The summed E-state index contributed by atoms with van der Waals surface area (Å²) in [6.07, 6.45) is 3.73. The van der Waals surface area contributed by atoms with Gasteiger partial charge in [0.1, 0.15) is 6.61 Å². The molecule has 0 spiro atoms. The molecular formula is C32H28N2O2. The summed E-state index contributed by atoms with van der Waals surface area (Å²) < 4.78 is 5.75. The van der Waals surface area contributed by atoms with Crippen molar-refractivity contribution in [2.45, 2.75) is 45.6 Å². The second-order valence-corrected chi connectivity index (χ2v) is 10.2. The summed E-state index contributed by atoms with van der Waals surface area (Å²) in [7, 11) is 0. The molecule has 0 unspecified atom stereocenters. The second-order valence-electron chi connectivity index (χ2n) is 10.2. The molecule has 4 nitrogen and oxygen atoms in total. The lowest BCUT2D eigenvalue weighted by atomic mass is 9.86. The van der Waals surface area contributed by atoms with Gasteiger partial charge in [-0.3, -0.25) is 0 Å². The molecule has 0 saturated carbocycles. The number of hydrogen-bond acceptors (Lipinski definition) is 4. The Hall–Kier alpha value is -4.23. The summed E-state index contributed by atoms with van der Waals surface area (Å²) in [5, 5.41) is 10.2.